The van der Waals surface area contributed by atoms with E-state index in [1.165, 1.54) is 12.1 Å². The van der Waals surface area contributed by atoms with Crippen LogP contribution >= 0.6 is 24.0 Å². The van der Waals surface area contributed by atoms with Gasteiger partial charge in [-0.15, -0.1) is 24.0 Å². The van der Waals surface area contributed by atoms with Crippen LogP contribution in [0.15, 0.2) is 47.5 Å². The Bertz CT molecular complexity index is 790. The van der Waals surface area contributed by atoms with E-state index in [1.54, 1.807) is 7.05 Å². The molecular weight excluding hydrogens is 488 g/mol. The number of guanidine groups is 1. The predicted octanol–water partition coefficient (Wildman–Crippen LogP) is 3.49. The molecule has 0 radical (unpaired) electrons. The summed E-state index contributed by atoms with van der Waals surface area (Å²) in [6.07, 6.45) is 1.47. The maximum Gasteiger partial charge on any atom is 0.190 e. The molecule has 8 heteroatoms. The third-order valence-electron chi connectivity index (χ3n) is 4.29. The molecule has 1 heterocycles. The fourth-order valence-corrected chi connectivity index (χ4v) is 2.96. The summed E-state index contributed by atoms with van der Waals surface area (Å²) in [4.78, 5) is 4.21. The monoisotopic (exact) mass is 515 g/mol. The van der Waals surface area contributed by atoms with Crippen LogP contribution in [0.1, 0.15) is 17.5 Å². The predicted molar refractivity (Wildman–Crippen MR) is 122 cm³/mol. The Morgan fingerprint density at radius 3 is 2.76 bits per heavy atom. The number of aliphatic imine (C=N–C) groups is 1. The minimum absolute atomic E-state index is 0. The van der Waals surface area contributed by atoms with Gasteiger partial charge in [-0.05, 0) is 42.7 Å². The number of hydrogen-bond donors (Lipinski definition) is 2. The molecule has 3 rings (SSSR count). The van der Waals surface area contributed by atoms with Crippen molar-refractivity contribution < 1.29 is 18.6 Å². The van der Waals surface area contributed by atoms with Crippen molar-refractivity contribution in [3.63, 3.8) is 0 Å². The summed E-state index contributed by atoms with van der Waals surface area (Å²) in [6.45, 7) is 2.56. The zero-order valence-corrected chi connectivity index (χ0v) is 18.8. The van der Waals surface area contributed by atoms with Gasteiger partial charge in [-0.1, -0.05) is 18.2 Å². The number of fused-ring (bicyclic) bond motifs is 1. The molecule has 2 N–H and O–H groups in total. The fourth-order valence-electron chi connectivity index (χ4n) is 2.96. The highest BCUT2D eigenvalue weighted by Gasteiger charge is 2.16. The first-order chi connectivity index (χ1) is 13.8. The van der Waals surface area contributed by atoms with E-state index >= 15 is 0 Å². The van der Waals surface area contributed by atoms with Crippen LogP contribution in [-0.4, -0.2) is 39.5 Å². The summed E-state index contributed by atoms with van der Waals surface area (Å²) in [6, 6.07) is 12.7. The van der Waals surface area contributed by atoms with Gasteiger partial charge in [0.25, 0.3) is 0 Å². The molecule has 1 aliphatic rings. The molecule has 0 saturated heterocycles. The van der Waals surface area contributed by atoms with Crippen molar-refractivity contribution in [2.24, 2.45) is 4.99 Å². The Morgan fingerprint density at radius 1 is 1.17 bits per heavy atom. The van der Waals surface area contributed by atoms with Crippen LogP contribution in [0.5, 0.6) is 11.5 Å². The van der Waals surface area contributed by atoms with Crippen molar-refractivity contribution in [3.05, 3.63) is 59.4 Å². The van der Waals surface area contributed by atoms with E-state index < -0.39 is 0 Å². The molecule has 0 bridgehead atoms. The van der Waals surface area contributed by atoms with Crippen LogP contribution in [0.4, 0.5) is 4.39 Å². The van der Waals surface area contributed by atoms with Crippen molar-refractivity contribution in [3.8, 4) is 11.5 Å². The van der Waals surface area contributed by atoms with Gasteiger partial charge in [0.05, 0.1) is 13.2 Å². The molecule has 2 aromatic carbocycles. The second kappa shape index (κ2) is 12.5. The van der Waals surface area contributed by atoms with Crippen molar-refractivity contribution in [1.82, 2.24) is 10.6 Å². The van der Waals surface area contributed by atoms with Gasteiger partial charge in [0.15, 0.2) is 12.8 Å². The van der Waals surface area contributed by atoms with E-state index in [2.05, 4.69) is 15.6 Å². The van der Waals surface area contributed by atoms with Crippen molar-refractivity contribution in [2.75, 3.05) is 33.5 Å². The Hall–Kier alpha value is -2.07. The third kappa shape index (κ3) is 7.36. The maximum absolute atomic E-state index is 13.8. The van der Waals surface area contributed by atoms with Crippen molar-refractivity contribution in [1.29, 1.82) is 0 Å². The molecule has 0 aromatic heterocycles. The van der Waals surface area contributed by atoms with Crippen LogP contribution in [0.3, 0.4) is 0 Å². The number of nitrogens with zero attached hydrogens (tertiary/aromatic N) is 1. The number of halogens is 2. The SMILES string of the molecule is CN=C(NCCCOc1ccccc1)NCCc1cc(F)cc2c1OCOC2.I. The zero-order chi connectivity index (χ0) is 19.6. The standard InChI is InChI=1S/C21H26FN3O3.HI/c1-23-21(24-9-5-11-27-19-6-3-2-4-7-19)25-10-8-16-12-18(22)13-17-14-26-15-28-20(16)17;/h2-4,6-7,12-13H,5,8-11,14-15H2,1H3,(H2,23,24,25);1H. The molecule has 0 unspecified atom stereocenters. The van der Waals surface area contributed by atoms with Crippen LogP contribution in [-0.2, 0) is 17.8 Å². The number of hydrogen-bond acceptors (Lipinski definition) is 4. The Morgan fingerprint density at radius 2 is 1.97 bits per heavy atom. The molecule has 0 saturated carbocycles. The summed E-state index contributed by atoms with van der Waals surface area (Å²) in [7, 11) is 1.72. The number of ether oxygens (including phenoxy) is 3. The summed E-state index contributed by atoms with van der Waals surface area (Å²) >= 11 is 0. The van der Waals surface area contributed by atoms with Gasteiger partial charge in [0, 0.05) is 25.7 Å². The largest absolute Gasteiger partial charge is 0.494 e. The first-order valence-corrected chi connectivity index (χ1v) is 9.40. The average molecular weight is 515 g/mol. The molecule has 2 aromatic rings. The summed E-state index contributed by atoms with van der Waals surface area (Å²) in [5, 5.41) is 6.49. The lowest BCUT2D eigenvalue weighted by atomic mass is 10.1. The third-order valence-corrected chi connectivity index (χ3v) is 4.29. The fraction of sp³-hybridized carbons (Fsp3) is 0.381. The molecular formula is C21H27FIN3O3. The Labute approximate surface area is 187 Å². The number of rotatable bonds is 8. The van der Waals surface area contributed by atoms with Crippen molar-refractivity contribution >= 4 is 29.9 Å². The summed E-state index contributed by atoms with van der Waals surface area (Å²) in [5.74, 6) is 2.03. The van der Waals surface area contributed by atoms with Gasteiger partial charge in [0.2, 0.25) is 0 Å². The molecule has 29 heavy (non-hydrogen) atoms. The van der Waals surface area contributed by atoms with E-state index in [0.717, 1.165) is 35.6 Å². The second-order valence-corrected chi connectivity index (χ2v) is 6.35. The van der Waals surface area contributed by atoms with Crippen molar-refractivity contribution in [2.45, 2.75) is 19.4 Å². The molecule has 0 spiro atoms. The molecule has 6 nitrogen and oxygen atoms in total. The number of benzene rings is 2. The van der Waals surface area contributed by atoms with Crippen LogP contribution in [0.2, 0.25) is 0 Å². The highest BCUT2D eigenvalue weighted by Crippen LogP contribution is 2.29. The van der Waals surface area contributed by atoms with Gasteiger partial charge in [0.1, 0.15) is 17.3 Å². The van der Waals surface area contributed by atoms with E-state index in [4.69, 9.17) is 14.2 Å². The molecule has 0 aliphatic carbocycles. The van der Waals surface area contributed by atoms with E-state index in [-0.39, 0.29) is 36.6 Å². The quantitative estimate of drug-likeness (QED) is 0.244. The Kier molecular flexibility index (Phi) is 9.99. The zero-order valence-electron chi connectivity index (χ0n) is 16.4. The summed E-state index contributed by atoms with van der Waals surface area (Å²) < 4.78 is 30.2. The van der Waals surface area contributed by atoms with Gasteiger partial charge in [-0.25, -0.2) is 4.39 Å². The smallest absolute Gasteiger partial charge is 0.190 e. The lowest BCUT2D eigenvalue weighted by Crippen LogP contribution is -2.39. The minimum Gasteiger partial charge on any atom is -0.494 e. The number of para-hydroxylation sites is 1. The highest BCUT2D eigenvalue weighted by molar-refractivity contribution is 14.0. The molecule has 0 amide bonds. The summed E-state index contributed by atoms with van der Waals surface area (Å²) in [5.41, 5.74) is 1.58. The molecule has 1 aliphatic heterocycles. The van der Waals surface area contributed by atoms with E-state index in [0.29, 0.717) is 32.1 Å². The first-order valence-electron chi connectivity index (χ1n) is 9.40. The van der Waals surface area contributed by atoms with Gasteiger partial charge < -0.3 is 24.8 Å². The second-order valence-electron chi connectivity index (χ2n) is 6.35. The number of nitrogens with one attached hydrogen (secondary N) is 2. The molecule has 158 valence electrons. The van der Waals surface area contributed by atoms with Gasteiger partial charge in [-0.3, -0.25) is 4.99 Å². The average Bonchev–Trinajstić information content (AvgIpc) is 2.72. The molecule has 0 fully saturated rings. The van der Waals surface area contributed by atoms with Gasteiger partial charge >= 0.3 is 0 Å². The highest BCUT2D eigenvalue weighted by atomic mass is 127. The molecule has 0 atom stereocenters. The van der Waals surface area contributed by atoms with Crippen LogP contribution in [0.25, 0.3) is 0 Å². The maximum atomic E-state index is 13.8. The van der Waals surface area contributed by atoms with E-state index in [9.17, 15) is 4.39 Å². The Balaban J connectivity index is 0.00000300. The normalized spacial score (nSPS) is 13.0. The minimum atomic E-state index is -0.274. The lowest BCUT2D eigenvalue weighted by molar-refractivity contribution is -0.0172. The van der Waals surface area contributed by atoms with Gasteiger partial charge in [-0.2, -0.15) is 0 Å². The topological polar surface area (TPSA) is 64.1 Å². The van der Waals surface area contributed by atoms with Crippen LogP contribution in [0, 0.1) is 5.82 Å². The van der Waals surface area contributed by atoms with E-state index in [1.807, 2.05) is 30.3 Å². The lowest BCUT2D eigenvalue weighted by Gasteiger charge is -2.21. The first kappa shape index (κ1) is 23.2. The van der Waals surface area contributed by atoms with Crippen LogP contribution < -0.4 is 20.1 Å².